The lowest BCUT2D eigenvalue weighted by atomic mass is 10.4. The van der Waals surface area contributed by atoms with Crippen molar-refractivity contribution >= 4 is 29.4 Å². The molecule has 0 radical (unpaired) electrons. The largest absolute Gasteiger partial charge is 0.352 e. The molecular formula is C12H19ClN6O. The molecule has 2 heterocycles. The fourth-order valence-electron chi connectivity index (χ4n) is 2.01. The lowest BCUT2D eigenvalue weighted by Crippen LogP contribution is -2.35. The van der Waals surface area contributed by atoms with E-state index in [9.17, 15) is 4.79 Å². The van der Waals surface area contributed by atoms with Crippen LogP contribution in [0.25, 0.3) is 0 Å². The molecule has 0 aromatic carbocycles. The van der Waals surface area contributed by atoms with Crippen LogP contribution in [0.4, 0.5) is 11.9 Å². The molecule has 1 saturated heterocycles. The first kappa shape index (κ1) is 14.8. The summed E-state index contributed by atoms with van der Waals surface area (Å²) in [7, 11) is 0. The number of hydrogen-bond acceptors (Lipinski definition) is 6. The van der Waals surface area contributed by atoms with Crippen LogP contribution < -0.4 is 15.5 Å². The molecule has 2 N–H and O–H groups in total. The maximum Gasteiger partial charge on any atom is 0.239 e. The summed E-state index contributed by atoms with van der Waals surface area (Å²) in [6, 6.07) is 0.103. The Hall–Kier alpha value is -1.63. The van der Waals surface area contributed by atoms with E-state index in [4.69, 9.17) is 11.6 Å². The van der Waals surface area contributed by atoms with E-state index in [0.29, 0.717) is 11.9 Å². The molecule has 0 bridgehead atoms. The van der Waals surface area contributed by atoms with Crippen molar-refractivity contribution in [2.75, 3.05) is 29.9 Å². The lowest BCUT2D eigenvalue weighted by molar-refractivity contribution is -0.119. The van der Waals surface area contributed by atoms with Gasteiger partial charge in [0.1, 0.15) is 0 Å². The second-order valence-corrected chi connectivity index (χ2v) is 5.34. The minimum absolute atomic E-state index is 0.103. The van der Waals surface area contributed by atoms with E-state index in [1.807, 2.05) is 13.8 Å². The Bertz CT molecular complexity index is 475. The number of carbonyl (C=O) groups is 1. The van der Waals surface area contributed by atoms with E-state index in [1.54, 1.807) is 0 Å². The van der Waals surface area contributed by atoms with Crippen molar-refractivity contribution in [1.82, 2.24) is 20.3 Å². The van der Waals surface area contributed by atoms with Gasteiger partial charge in [0.05, 0.1) is 6.54 Å². The molecule has 1 aliphatic rings. The van der Waals surface area contributed by atoms with E-state index in [-0.39, 0.29) is 23.8 Å². The summed E-state index contributed by atoms with van der Waals surface area (Å²) in [6.07, 6.45) is 2.26. The minimum Gasteiger partial charge on any atom is -0.352 e. The van der Waals surface area contributed by atoms with Gasteiger partial charge in [-0.3, -0.25) is 4.79 Å². The fourth-order valence-corrected chi connectivity index (χ4v) is 2.17. The number of anilines is 2. The Morgan fingerprint density at radius 1 is 1.30 bits per heavy atom. The van der Waals surface area contributed by atoms with Crippen LogP contribution in [0, 0.1) is 0 Å². The first-order valence-corrected chi connectivity index (χ1v) is 7.12. The van der Waals surface area contributed by atoms with Crippen molar-refractivity contribution in [3.8, 4) is 0 Å². The molecule has 1 fully saturated rings. The zero-order chi connectivity index (χ0) is 14.5. The normalized spacial score (nSPS) is 14.7. The standard InChI is InChI=1S/C12H19ClN6O/c1-8(2)15-9(20)7-14-11-16-10(13)17-12(18-11)19-5-3-4-6-19/h8H,3-7H2,1-2H3,(H,15,20)(H,14,16,17,18). The summed E-state index contributed by atoms with van der Waals surface area (Å²) in [5.41, 5.74) is 0. The van der Waals surface area contributed by atoms with Gasteiger partial charge in [-0.25, -0.2) is 0 Å². The number of carbonyl (C=O) groups excluding carboxylic acids is 1. The van der Waals surface area contributed by atoms with Crippen LogP contribution >= 0.6 is 11.6 Å². The topological polar surface area (TPSA) is 83.0 Å². The number of hydrogen-bond donors (Lipinski definition) is 2. The summed E-state index contributed by atoms with van der Waals surface area (Å²) in [5, 5.41) is 5.78. The van der Waals surface area contributed by atoms with Crippen molar-refractivity contribution < 1.29 is 4.79 Å². The van der Waals surface area contributed by atoms with Gasteiger partial charge >= 0.3 is 0 Å². The van der Waals surface area contributed by atoms with Gasteiger partial charge in [-0.1, -0.05) is 0 Å². The zero-order valence-electron chi connectivity index (χ0n) is 11.7. The van der Waals surface area contributed by atoms with E-state index < -0.39 is 0 Å². The maximum atomic E-state index is 11.6. The van der Waals surface area contributed by atoms with Crippen LogP contribution in [0.2, 0.25) is 5.28 Å². The van der Waals surface area contributed by atoms with Gasteiger partial charge in [0.2, 0.25) is 23.1 Å². The van der Waals surface area contributed by atoms with E-state index >= 15 is 0 Å². The van der Waals surface area contributed by atoms with Crippen LogP contribution in [-0.4, -0.2) is 46.5 Å². The van der Waals surface area contributed by atoms with Gasteiger partial charge in [-0.05, 0) is 38.3 Å². The molecule has 1 amide bonds. The molecule has 0 saturated carbocycles. The highest BCUT2D eigenvalue weighted by Crippen LogP contribution is 2.18. The SMILES string of the molecule is CC(C)NC(=O)CNc1nc(Cl)nc(N2CCCC2)n1. The second kappa shape index (κ2) is 6.69. The smallest absolute Gasteiger partial charge is 0.239 e. The molecule has 20 heavy (non-hydrogen) atoms. The number of halogens is 1. The summed E-state index contributed by atoms with van der Waals surface area (Å²) < 4.78 is 0. The third kappa shape index (κ3) is 4.19. The number of nitrogens with one attached hydrogen (secondary N) is 2. The van der Waals surface area contributed by atoms with Gasteiger partial charge in [-0.2, -0.15) is 15.0 Å². The molecule has 2 rings (SSSR count). The van der Waals surface area contributed by atoms with E-state index in [0.717, 1.165) is 25.9 Å². The Labute approximate surface area is 123 Å². The van der Waals surface area contributed by atoms with Crippen LogP contribution in [0.15, 0.2) is 0 Å². The summed E-state index contributed by atoms with van der Waals surface area (Å²) >= 11 is 5.90. The number of rotatable bonds is 5. The third-order valence-electron chi connectivity index (χ3n) is 2.84. The van der Waals surface area contributed by atoms with Crippen molar-refractivity contribution in [3.63, 3.8) is 0 Å². The maximum absolute atomic E-state index is 11.6. The van der Waals surface area contributed by atoms with Crippen molar-refractivity contribution in [2.45, 2.75) is 32.7 Å². The van der Waals surface area contributed by atoms with E-state index in [1.165, 1.54) is 0 Å². The second-order valence-electron chi connectivity index (χ2n) is 5.00. The average Bonchev–Trinajstić information content (AvgIpc) is 2.89. The quantitative estimate of drug-likeness (QED) is 0.846. The van der Waals surface area contributed by atoms with Crippen molar-refractivity contribution in [1.29, 1.82) is 0 Å². The van der Waals surface area contributed by atoms with Crippen molar-refractivity contribution in [2.24, 2.45) is 0 Å². The van der Waals surface area contributed by atoms with Crippen LogP contribution in [-0.2, 0) is 4.79 Å². The first-order valence-electron chi connectivity index (χ1n) is 6.74. The highest BCUT2D eigenvalue weighted by atomic mass is 35.5. The highest BCUT2D eigenvalue weighted by Gasteiger charge is 2.17. The summed E-state index contributed by atoms with van der Waals surface area (Å²) in [6.45, 7) is 5.77. The lowest BCUT2D eigenvalue weighted by Gasteiger charge is -2.16. The van der Waals surface area contributed by atoms with Gasteiger partial charge in [0.25, 0.3) is 0 Å². The third-order valence-corrected chi connectivity index (χ3v) is 3.01. The first-order chi connectivity index (χ1) is 9.54. The Morgan fingerprint density at radius 2 is 2.00 bits per heavy atom. The molecule has 0 unspecified atom stereocenters. The predicted octanol–water partition coefficient (Wildman–Crippen LogP) is 1.06. The summed E-state index contributed by atoms with van der Waals surface area (Å²) in [4.78, 5) is 26.0. The zero-order valence-corrected chi connectivity index (χ0v) is 12.4. The number of nitrogens with zero attached hydrogens (tertiary/aromatic N) is 4. The molecule has 0 atom stereocenters. The Morgan fingerprint density at radius 3 is 2.65 bits per heavy atom. The predicted molar refractivity (Wildman–Crippen MR) is 78.1 cm³/mol. The van der Waals surface area contributed by atoms with E-state index in [2.05, 4.69) is 30.5 Å². The number of aromatic nitrogens is 3. The molecule has 0 aliphatic carbocycles. The van der Waals surface area contributed by atoms with Crippen LogP contribution in [0.1, 0.15) is 26.7 Å². The molecule has 8 heteroatoms. The fraction of sp³-hybridized carbons (Fsp3) is 0.667. The Balaban J connectivity index is 1.99. The Kier molecular flexibility index (Phi) is 4.94. The highest BCUT2D eigenvalue weighted by molar-refractivity contribution is 6.28. The van der Waals surface area contributed by atoms with Crippen LogP contribution in [0.5, 0.6) is 0 Å². The van der Waals surface area contributed by atoms with Gasteiger partial charge in [0, 0.05) is 19.1 Å². The molecule has 110 valence electrons. The van der Waals surface area contributed by atoms with Gasteiger partial charge in [-0.15, -0.1) is 0 Å². The molecule has 1 aromatic rings. The monoisotopic (exact) mass is 298 g/mol. The van der Waals surface area contributed by atoms with Gasteiger partial charge < -0.3 is 15.5 Å². The molecule has 1 aromatic heterocycles. The average molecular weight is 299 g/mol. The molecule has 0 spiro atoms. The molecule has 1 aliphatic heterocycles. The van der Waals surface area contributed by atoms with Crippen molar-refractivity contribution in [3.05, 3.63) is 5.28 Å². The van der Waals surface area contributed by atoms with Crippen LogP contribution in [0.3, 0.4) is 0 Å². The number of amides is 1. The summed E-state index contributed by atoms with van der Waals surface area (Å²) in [5.74, 6) is 0.777. The minimum atomic E-state index is -0.112. The van der Waals surface area contributed by atoms with Gasteiger partial charge in [0.15, 0.2) is 0 Å². The molecular weight excluding hydrogens is 280 g/mol. The molecule has 7 nitrogen and oxygen atoms in total.